The molecule has 10 nitrogen and oxygen atoms in total. The Balaban J connectivity index is 1.61. The van der Waals surface area contributed by atoms with Crippen molar-refractivity contribution in [3.8, 4) is 5.75 Å². The number of benzene rings is 2. The van der Waals surface area contributed by atoms with E-state index in [0.717, 1.165) is 19.3 Å². The molecule has 4 amide bonds. The molecule has 254 valence electrons. The molecule has 47 heavy (non-hydrogen) atoms. The van der Waals surface area contributed by atoms with E-state index in [1.165, 1.54) is 95.2 Å². The fourth-order valence-electron chi connectivity index (χ4n) is 5.45. The maximum Gasteiger partial charge on any atom is 0.338 e. The summed E-state index contributed by atoms with van der Waals surface area (Å²) in [4.78, 5) is 66.9. The molecule has 0 spiro atoms. The molecule has 1 unspecified atom stereocenters. The van der Waals surface area contributed by atoms with Gasteiger partial charge in [0.15, 0.2) is 11.8 Å². The van der Waals surface area contributed by atoms with Gasteiger partial charge in [0.05, 0.1) is 25.0 Å². The van der Waals surface area contributed by atoms with Crippen LogP contribution in [0.3, 0.4) is 0 Å². The van der Waals surface area contributed by atoms with Crippen molar-refractivity contribution >= 4 is 35.3 Å². The lowest BCUT2D eigenvalue weighted by Gasteiger charge is -2.23. The summed E-state index contributed by atoms with van der Waals surface area (Å²) in [6, 6.07) is 9.62. The standard InChI is InChI=1S/C37H49N3O7/c1-5-6-7-8-9-10-11-12-13-14-15-19-24-47-36(44)28-22-23-30(46-4)29(25-28)38-34(42)32(33(41)27-20-17-16-18-21-27)40-35(43)31(26(2)3)39-37(40)45/h16-18,20-23,25,32H,5-15,19,24H2,1-4H3,(H,38,42)(H,39,45). The molecule has 0 bridgehead atoms. The number of allylic oxidation sites excluding steroid dienone is 1. The van der Waals surface area contributed by atoms with E-state index in [4.69, 9.17) is 9.47 Å². The Morgan fingerprint density at radius 1 is 0.809 bits per heavy atom. The van der Waals surface area contributed by atoms with E-state index in [9.17, 15) is 24.0 Å². The van der Waals surface area contributed by atoms with Crippen molar-refractivity contribution in [2.24, 2.45) is 0 Å². The molecule has 10 heteroatoms. The predicted molar refractivity (Wildman–Crippen MR) is 181 cm³/mol. The van der Waals surface area contributed by atoms with Crippen molar-refractivity contribution in [3.05, 3.63) is 70.9 Å². The Morgan fingerprint density at radius 3 is 1.96 bits per heavy atom. The average Bonchev–Trinajstić information content (AvgIpc) is 3.36. The quantitative estimate of drug-likeness (QED) is 0.0378. The van der Waals surface area contributed by atoms with Crippen LogP contribution in [0.4, 0.5) is 10.5 Å². The van der Waals surface area contributed by atoms with Crippen LogP contribution in [-0.2, 0) is 14.3 Å². The SMILES string of the molecule is CCCCCCCCCCCCCCOC(=O)c1ccc(OC)c(NC(=O)C(C(=O)c2ccccc2)N2C(=O)NC(=C(C)C)C2=O)c1. The Labute approximate surface area is 278 Å². The Kier molecular flexibility index (Phi) is 15.2. The second-order valence-electron chi connectivity index (χ2n) is 12.0. The van der Waals surface area contributed by atoms with Gasteiger partial charge in [0.1, 0.15) is 11.4 Å². The van der Waals surface area contributed by atoms with E-state index in [0.29, 0.717) is 10.5 Å². The smallest absolute Gasteiger partial charge is 0.338 e. The fourth-order valence-corrected chi connectivity index (χ4v) is 5.45. The van der Waals surface area contributed by atoms with Crippen LogP contribution < -0.4 is 15.4 Å². The number of anilines is 1. The number of rotatable bonds is 20. The van der Waals surface area contributed by atoms with Gasteiger partial charge in [-0.15, -0.1) is 0 Å². The Hall–Kier alpha value is -4.47. The highest BCUT2D eigenvalue weighted by Gasteiger charge is 2.46. The third-order valence-corrected chi connectivity index (χ3v) is 8.12. The number of amides is 4. The molecule has 1 aliphatic rings. The molecule has 2 aromatic carbocycles. The largest absolute Gasteiger partial charge is 0.495 e. The summed E-state index contributed by atoms with van der Waals surface area (Å²) in [6.07, 6.45) is 14.4. The summed E-state index contributed by atoms with van der Waals surface area (Å²) in [7, 11) is 1.39. The van der Waals surface area contributed by atoms with Crippen LogP contribution in [-0.4, -0.2) is 54.3 Å². The van der Waals surface area contributed by atoms with Crippen LogP contribution >= 0.6 is 0 Å². The molecule has 1 fully saturated rings. The van der Waals surface area contributed by atoms with Gasteiger partial charge in [0, 0.05) is 5.56 Å². The molecule has 1 aliphatic heterocycles. The minimum atomic E-state index is -1.83. The number of nitrogens with one attached hydrogen (secondary N) is 2. The van der Waals surface area contributed by atoms with Gasteiger partial charge in [-0.25, -0.2) is 14.5 Å². The molecule has 0 aliphatic carbocycles. The van der Waals surface area contributed by atoms with Crippen LogP contribution in [0.15, 0.2) is 59.8 Å². The average molecular weight is 648 g/mol. The second kappa shape index (κ2) is 19.3. The van der Waals surface area contributed by atoms with E-state index in [1.807, 2.05) is 0 Å². The zero-order chi connectivity index (χ0) is 34.2. The lowest BCUT2D eigenvalue weighted by atomic mass is 10.0. The topological polar surface area (TPSA) is 131 Å². The highest BCUT2D eigenvalue weighted by molar-refractivity contribution is 6.24. The number of imide groups is 1. The van der Waals surface area contributed by atoms with Crippen LogP contribution in [0.5, 0.6) is 5.75 Å². The highest BCUT2D eigenvalue weighted by atomic mass is 16.5. The van der Waals surface area contributed by atoms with Crippen LogP contribution in [0, 0.1) is 0 Å². The molecule has 0 aromatic heterocycles. The van der Waals surface area contributed by atoms with Gasteiger partial charge in [0.2, 0.25) is 0 Å². The molecule has 1 atom stereocenters. The molecule has 2 N–H and O–H groups in total. The zero-order valence-corrected chi connectivity index (χ0v) is 28.2. The van der Waals surface area contributed by atoms with E-state index in [2.05, 4.69) is 17.6 Å². The minimum absolute atomic E-state index is 0.00384. The maximum atomic E-state index is 13.7. The number of hydrogen-bond acceptors (Lipinski definition) is 7. The normalized spacial score (nSPS) is 13.3. The molecular weight excluding hydrogens is 598 g/mol. The molecule has 3 rings (SSSR count). The van der Waals surface area contributed by atoms with Crippen molar-refractivity contribution in [2.45, 2.75) is 104 Å². The second-order valence-corrected chi connectivity index (χ2v) is 12.0. The monoisotopic (exact) mass is 647 g/mol. The van der Waals surface area contributed by atoms with Gasteiger partial charge < -0.3 is 20.1 Å². The van der Waals surface area contributed by atoms with Gasteiger partial charge in [0.25, 0.3) is 11.8 Å². The lowest BCUT2D eigenvalue weighted by molar-refractivity contribution is -0.129. The lowest BCUT2D eigenvalue weighted by Crippen LogP contribution is -2.52. The molecule has 0 saturated carbocycles. The highest BCUT2D eigenvalue weighted by Crippen LogP contribution is 2.28. The summed E-state index contributed by atoms with van der Waals surface area (Å²) in [5.74, 6) is -2.84. The number of carbonyl (C=O) groups is 5. The van der Waals surface area contributed by atoms with Crippen molar-refractivity contribution in [3.63, 3.8) is 0 Å². The number of nitrogens with zero attached hydrogens (tertiary/aromatic N) is 1. The fraction of sp³-hybridized carbons (Fsp3) is 0.486. The first-order valence-electron chi connectivity index (χ1n) is 16.8. The van der Waals surface area contributed by atoms with E-state index >= 15 is 0 Å². The molecule has 0 radical (unpaired) electrons. The van der Waals surface area contributed by atoms with Crippen LogP contribution in [0.2, 0.25) is 0 Å². The number of ketones is 1. The number of unbranched alkanes of at least 4 members (excludes halogenated alkanes) is 11. The summed E-state index contributed by atoms with van der Waals surface area (Å²) in [6.45, 7) is 5.78. The number of methoxy groups -OCH3 is 1. The van der Waals surface area contributed by atoms with Crippen LogP contribution in [0.25, 0.3) is 0 Å². The third-order valence-electron chi connectivity index (χ3n) is 8.12. The first-order chi connectivity index (χ1) is 22.7. The van der Waals surface area contributed by atoms with Gasteiger partial charge >= 0.3 is 12.0 Å². The first kappa shape index (κ1) is 37.0. The van der Waals surface area contributed by atoms with E-state index in [-0.39, 0.29) is 34.9 Å². The first-order valence-corrected chi connectivity index (χ1v) is 16.8. The summed E-state index contributed by atoms with van der Waals surface area (Å²) in [5.41, 5.74) is 0.921. The van der Waals surface area contributed by atoms with Gasteiger partial charge in [-0.3, -0.25) is 14.4 Å². The number of Topliss-reactive ketones (excluding diaryl/α,β-unsaturated/α-hetero) is 1. The van der Waals surface area contributed by atoms with Gasteiger partial charge in [-0.05, 0) is 44.0 Å². The van der Waals surface area contributed by atoms with Crippen molar-refractivity contribution < 1.29 is 33.4 Å². The van der Waals surface area contributed by atoms with Gasteiger partial charge in [-0.1, -0.05) is 108 Å². The number of hydrogen-bond donors (Lipinski definition) is 2. The Bertz CT molecular complexity index is 1420. The molecule has 2 aromatic rings. The van der Waals surface area contributed by atoms with Crippen molar-refractivity contribution in [1.29, 1.82) is 0 Å². The number of ether oxygens (including phenoxy) is 2. The molecule has 1 saturated heterocycles. The zero-order valence-electron chi connectivity index (χ0n) is 28.2. The number of esters is 1. The van der Waals surface area contributed by atoms with E-state index < -0.39 is 35.6 Å². The van der Waals surface area contributed by atoms with Gasteiger partial charge in [-0.2, -0.15) is 0 Å². The number of urea groups is 1. The molecule has 1 heterocycles. The van der Waals surface area contributed by atoms with Crippen molar-refractivity contribution in [2.75, 3.05) is 19.0 Å². The molecular formula is C37H49N3O7. The number of carbonyl (C=O) groups excluding carboxylic acids is 5. The summed E-state index contributed by atoms with van der Waals surface area (Å²) < 4.78 is 10.9. The summed E-state index contributed by atoms with van der Waals surface area (Å²) >= 11 is 0. The maximum absolute atomic E-state index is 13.7. The minimum Gasteiger partial charge on any atom is -0.495 e. The van der Waals surface area contributed by atoms with E-state index in [1.54, 1.807) is 32.0 Å². The Morgan fingerprint density at radius 2 is 1.40 bits per heavy atom. The van der Waals surface area contributed by atoms with Crippen LogP contribution in [0.1, 0.15) is 119 Å². The van der Waals surface area contributed by atoms with Crippen molar-refractivity contribution in [1.82, 2.24) is 10.2 Å². The third kappa shape index (κ3) is 10.8. The predicted octanol–water partition coefficient (Wildman–Crippen LogP) is 7.59. The summed E-state index contributed by atoms with van der Waals surface area (Å²) in [5, 5.41) is 5.06.